The maximum absolute atomic E-state index is 13.2. The van der Waals surface area contributed by atoms with Crippen LogP contribution in [0.3, 0.4) is 0 Å². The highest BCUT2D eigenvalue weighted by atomic mass is 19.1. The first kappa shape index (κ1) is 12.0. The number of ether oxygens (including phenoxy) is 1. The van der Waals surface area contributed by atoms with Gasteiger partial charge in [0, 0.05) is 0 Å². The Balaban J connectivity index is 2.15. The van der Waals surface area contributed by atoms with Crippen LogP contribution in [-0.4, -0.2) is 6.61 Å². The molecule has 0 atom stereocenters. The van der Waals surface area contributed by atoms with Gasteiger partial charge in [-0.1, -0.05) is 31.2 Å². The Hall–Kier alpha value is -2.09. The summed E-state index contributed by atoms with van der Waals surface area (Å²) in [7, 11) is 0. The average molecular weight is 254 g/mol. The summed E-state index contributed by atoms with van der Waals surface area (Å²) >= 11 is 0. The summed E-state index contributed by atoms with van der Waals surface area (Å²) in [6, 6.07) is 14.9. The Morgan fingerprint density at radius 1 is 0.895 bits per heavy atom. The van der Waals surface area contributed by atoms with Crippen LogP contribution < -0.4 is 4.74 Å². The van der Waals surface area contributed by atoms with Gasteiger partial charge < -0.3 is 4.74 Å². The van der Waals surface area contributed by atoms with E-state index in [0.29, 0.717) is 0 Å². The average Bonchev–Trinajstić information content (AvgIpc) is 2.44. The summed E-state index contributed by atoms with van der Waals surface area (Å²) in [6.07, 6.45) is 0.995. The molecule has 0 saturated carbocycles. The number of halogens is 1. The van der Waals surface area contributed by atoms with Crippen LogP contribution in [0, 0.1) is 5.82 Å². The lowest BCUT2D eigenvalue weighted by molar-refractivity contribution is 0.318. The van der Waals surface area contributed by atoms with E-state index in [1.807, 2.05) is 36.4 Å². The van der Waals surface area contributed by atoms with Crippen molar-refractivity contribution in [2.24, 2.45) is 0 Å². The molecule has 1 nitrogen and oxygen atoms in total. The van der Waals surface area contributed by atoms with Crippen LogP contribution in [0.1, 0.15) is 13.3 Å². The number of benzene rings is 3. The second-order valence-corrected chi connectivity index (χ2v) is 4.66. The first-order valence-corrected chi connectivity index (χ1v) is 6.53. The first-order valence-electron chi connectivity index (χ1n) is 6.53. The summed E-state index contributed by atoms with van der Waals surface area (Å²) in [5.74, 6) is 0.686. The van der Waals surface area contributed by atoms with E-state index in [2.05, 4.69) is 6.92 Å². The summed E-state index contributed by atoms with van der Waals surface area (Å²) in [5, 5.41) is 4.24. The molecular formula is C17H15FO. The zero-order valence-corrected chi connectivity index (χ0v) is 10.8. The third kappa shape index (κ3) is 2.26. The Kier molecular flexibility index (Phi) is 3.08. The summed E-state index contributed by atoms with van der Waals surface area (Å²) < 4.78 is 18.9. The third-order valence-corrected chi connectivity index (χ3v) is 3.24. The molecule has 0 spiro atoms. The van der Waals surface area contributed by atoms with Crippen molar-refractivity contribution in [3.63, 3.8) is 0 Å². The van der Waals surface area contributed by atoms with E-state index >= 15 is 0 Å². The second-order valence-electron chi connectivity index (χ2n) is 4.66. The summed E-state index contributed by atoms with van der Waals surface area (Å²) in [6.45, 7) is 2.81. The Labute approximate surface area is 111 Å². The van der Waals surface area contributed by atoms with Crippen molar-refractivity contribution in [3.05, 3.63) is 54.3 Å². The van der Waals surface area contributed by atoms with Gasteiger partial charge in [-0.3, -0.25) is 0 Å². The monoisotopic (exact) mass is 254 g/mol. The quantitative estimate of drug-likeness (QED) is 0.603. The number of hydrogen-bond donors (Lipinski definition) is 0. The van der Waals surface area contributed by atoms with E-state index in [-0.39, 0.29) is 5.82 Å². The molecule has 0 fully saturated rings. The van der Waals surface area contributed by atoms with Crippen LogP contribution in [-0.2, 0) is 0 Å². The number of rotatable bonds is 3. The lowest BCUT2D eigenvalue weighted by Crippen LogP contribution is -1.94. The molecular weight excluding hydrogens is 239 g/mol. The largest absolute Gasteiger partial charge is 0.494 e. The molecule has 0 unspecified atom stereocenters. The lowest BCUT2D eigenvalue weighted by atomic mass is 10.0. The van der Waals surface area contributed by atoms with Crippen LogP contribution >= 0.6 is 0 Å². The van der Waals surface area contributed by atoms with Crippen LogP contribution in [0.2, 0.25) is 0 Å². The zero-order valence-electron chi connectivity index (χ0n) is 10.8. The SMILES string of the molecule is CCCOc1ccc2c(ccc3cc(F)ccc32)c1. The van der Waals surface area contributed by atoms with Crippen LogP contribution in [0.4, 0.5) is 4.39 Å². The Morgan fingerprint density at radius 3 is 2.32 bits per heavy atom. The molecule has 0 saturated heterocycles. The van der Waals surface area contributed by atoms with Gasteiger partial charge in [0.15, 0.2) is 0 Å². The second kappa shape index (κ2) is 4.88. The van der Waals surface area contributed by atoms with E-state index in [0.717, 1.165) is 40.3 Å². The molecule has 0 amide bonds. The van der Waals surface area contributed by atoms with Crippen molar-refractivity contribution in [1.82, 2.24) is 0 Å². The van der Waals surface area contributed by atoms with Gasteiger partial charge >= 0.3 is 0 Å². The van der Waals surface area contributed by atoms with Gasteiger partial charge in [0.2, 0.25) is 0 Å². The molecule has 3 aromatic rings. The van der Waals surface area contributed by atoms with Gasteiger partial charge in [-0.15, -0.1) is 0 Å². The maximum atomic E-state index is 13.2. The standard InChI is InChI=1S/C17H15FO/c1-2-9-19-15-6-8-17-13(11-15)4-3-12-10-14(18)5-7-16(12)17/h3-8,10-11H,2,9H2,1H3. The molecule has 0 aromatic heterocycles. The maximum Gasteiger partial charge on any atom is 0.123 e. The molecule has 0 aliphatic carbocycles. The van der Waals surface area contributed by atoms with E-state index < -0.39 is 0 Å². The molecule has 3 rings (SSSR count). The zero-order chi connectivity index (χ0) is 13.2. The molecule has 0 bridgehead atoms. The van der Waals surface area contributed by atoms with Crippen molar-refractivity contribution in [1.29, 1.82) is 0 Å². The van der Waals surface area contributed by atoms with Crippen molar-refractivity contribution < 1.29 is 9.13 Å². The van der Waals surface area contributed by atoms with Gasteiger partial charge in [0.25, 0.3) is 0 Å². The van der Waals surface area contributed by atoms with Crippen molar-refractivity contribution in [2.75, 3.05) is 6.61 Å². The van der Waals surface area contributed by atoms with E-state index in [9.17, 15) is 4.39 Å². The first-order chi connectivity index (χ1) is 9.28. The fourth-order valence-corrected chi connectivity index (χ4v) is 2.33. The smallest absolute Gasteiger partial charge is 0.123 e. The van der Waals surface area contributed by atoms with E-state index in [1.54, 1.807) is 6.07 Å². The van der Waals surface area contributed by atoms with Crippen LogP contribution in [0.15, 0.2) is 48.5 Å². The molecule has 0 aliphatic heterocycles. The summed E-state index contributed by atoms with van der Waals surface area (Å²) in [4.78, 5) is 0. The minimum atomic E-state index is -0.199. The van der Waals surface area contributed by atoms with Gasteiger partial charge in [0.1, 0.15) is 11.6 Å². The van der Waals surface area contributed by atoms with E-state index in [4.69, 9.17) is 4.74 Å². The minimum Gasteiger partial charge on any atom is -0.494 e. The highest BCUT2D eigenvalue weighted by molar-refractivity contribution is 6.07. The van der Waals surface area contributed by atoms with Crippen LogP contribution in [0.5, 0.6) is 5.75 Å². The molecule has 19 heavy (non-hydrogen) atoms. The molecule has 0 N–H and O–H groups in total. The Bertz CT molecular complexity index is 734. The fourth-order valence-electron chi connectivity index (χ4n) is 2.33. The molecule has 0 radical (unpaired) electrons. The lowest BCUT2D eigenvalue weighted by Gasteiger charge is -2.08. The number of fused-ring (bicyclic) bond motifs is 3. The van der Waals surface area contributed by atoms with Gasteiger partial charge in [0.05, 0.1) is 6.61 Å². The molecule has 3 aromatic carbocycles. The van der Waals surface area contributed by atoms with Crippen molar-refractivity contribution >= 4 is 21.5 Å². The Morgan fingerprint density at radius 2 is 1.58 bits per heavy atom. The van der Waals surface area contributed by atoms with E-state index in [1.165, 1.54) is 6.07 Å². The summed E-state index contributed by atoms with van der Waals surface area (Å²) in [5.41, 5.74) is 0. The van der Waals surface area contributed by atoms with Crippen LogP contribution in [0.25, 0.3) is 21.5 Å². The van der Waals surface area contributed by atoms with Gasteiger partial charge in [-0.05, 0) is 52.2 Å². The molecule has 0 heterocycles. The highest BCUT2D eigenvalue weighted by Crippen LogP contribution is 2.28. The molecule has 0 aliphatic rings. The normalized spacial score (nSPS) is 11.1. The van der Waals surface area contributed by atoms with Gasteiger partial charge in [-0.25, -0.2) is 4.39 Å². The predicted molar refractivity (Wildman–Crippen MR) is 77.2 cm³/mol. The fraction of sp³-hybridized carbons (Fsp3) is 0.176. The number of hydrogen-bond acceptors (Lipinski definition) is 1. The molecule has 96 valence electrons. The van der Waals surface area contributed by atoms with Crippen molar-refractivity contribution in [2.45, 2.75) is 13.3 Å². The molecule has 2 heteroatoms. The third-order valence-electron chi connectivity index (χ3n) is 3.24. The predicted octanol–water partition coefficient (Wildman–Crippen LogP) is 4.92. The highest BCUT2D eigenvalue weighted by Gasteiger charge is 2.03. The van der Waals surface area contributed by atoms with Crippen molar-refractivity contribution in [3.8, 4) is 5.75 Å². The van der Waals surface area contributed by atoms with Gasteiger partial charge in [-0.2, -0.15) is 0 Å². The minimum absolute atomic E-state index is 0.199. The topological polar surface area (TPSA) is 9.23 Å².